The molecule has 7 rings (SSSR count). The molecular formula is C39H31N3O5S2. The van der Waals surface area contributed by atoms with Crippen LogP contribution in [0.4, 0.5) is 5.13 Å². The molecule has 1 aliphatic heterocycles. The van der Waals surface area contributed by atoms with Gasteiger partial charge in [0.15, 0.2) is 4.34 Å². The van der Waals surface area contributed by atoms with Gasteiger partial charge >= 0.3 is 5.91 Å². The zero-order valence-corrected chi connectivity index (χ0v) is 28.3. The number of hydrogen-bond acceptors (Lipinski definition) is 9. The van der Waals surface area contributed by atoms with Gasteiger partial charge in [-0.05, 0) is 70.8 Å². The van der Waals surface area contributed by atoms with Crippen molar-refractivity contribution in [3.63, 3.8) is 0 Å². The molecule has 10 heteroatoms. The number of carbonyl (C=O) groups is 2. The smallest absolute Gasteiger partial charge is 0.301 e. The number of aliphatic hydroxyl groups excluding tert-OH is 1. The Hall–Kier alpha value is -5.45. The summed E-state index contributed by atoms with van der Waals surface area (Å²) in [6.07, 6.45) is 0. The largest absolute Gasteiger partial charge is 0.507 e. The number of thioether (sulfide) groups is 1. The van der Waals surface area contributed by atoms with Crippen molar-refractivity contribution in [1.29, 1.82) is 0 Å². The van der Waals surface area contributed by atoms with Gasteiger partial charge in [0.25, 0.3) is 5.78 Å². The molecule has 1 aliphatic rings. The van der Waals surface area contributed by atoms with Crippen LogP contribution in [0.5, 0.6) is 11.5 Å². The molecule has 8 nitrogen and oxygen atoms in total. The molecule has 0 bridgehead atoms. The fraction of sp³-hybridized carbons (Fsp3) is 0.128. The van der Waals surface area contributed by atoms with Gasteiger partial charge in [0, 0.05) is 11.3 Å². The Balaban J connectivity index is 1.18. The first-order valence-electron chi connectivity index (χ1n) is 15.6. The van der Waals surface area contributed by atoms with Crippen LogP contribution in [0.25, 0.3) is 16.5 Å². The molecule has 0 radical (unpaired) electrons. The normalized spacial score (nSPS) is 15.6. The highest BCUT2D eigenvalue weighted by Gasteiger charge is 2.48. The summed E-state index contributed by atoms with van der Waals surface area (Å²) in [7, 11) is 1.56. The van der Waals surface area contributed by atoms with Crippen molar-refractivity contribution < 1.29 is 24.2 Å². The Morgan fingerprint density at radius 1 is 0.878 bits per heavy atom. The first kappa shape index (κ1) is 32.1. The van der Waals surface area contributed by atoms with Crippen LogP contribution in [-0.2, 0) is 21.9 Å². The average molecular weight is 686 g/mol. The monoisotopic (exact) mass is 685 g/mol. The number of aryl methyl sites for hydroxylation is 1. The number of amides is 1. The van der Waals surface area contributed by atoms with Gasteiger partial charge in [0.1, 0.15) is 23.9 Å². The summed E-state index contributed by atoms with van der Waals surface area (Å²) in [5.41, 5.74) is 4.30. The first-order valence-corrected chi connectivity index (χ1v) is 17.4. The number of ether oxygens (including phenoxy) is 2. The molecule has 49 heavy (non-hydrogen) atoms. The summed E-state index contributed by atoms with van der Waals surface area (Å²) in [4.78, 5) is 28.7. The van der Waals surface area contributed by atoms with Crippen LogP contribution >= 0.6 is 23.1 Å². The zero-order chi connectivity index (χ0) is 33.9. The number of carbonyl (C=O) groups excluding carboxylic acids is 2. The SMILES string of the molecule is COc1ccc(C2/C(=C(\O)c3ccc(OCc4cccc(C)c4)cc3)C(=O)C(=O)N2c2nnc(SCc3cccc4ccccc34)s2)cc1. The Labute approximate surface area is 291 Å². The van der Waals surface area contributed by atoms with Crippen LogP contribution in [0.2, 0.25) is 0 Å². The molecule has 0 aliphatic carbocycles. The van der Waals surface area contributed by atoms with Crippen LogP contribution < -0.4 is 14.4 Å². The van der Waals surface area contributed by atoms with E-state index < -0.39 is 17.7 Å². The van der Waals surface area contributed by atoms with E-state index in [4.69, 9.17) is 9.47 Å². The highest BCUT2D eigenvalue weighted by Crippen LogP contribution is 2.44. The van der Waals surface area contributed by atoms with Gasteiger partial charge in [-0.25, -0.2) is 0 Å². The second kappa shape index (κ2) is 14.0. The molecule has 1 fully saturated rings. The number of fused-ring (bicyclic) bond motifs is 1. The lowest BCUT2D eigenvalue weighted by atomic mass is 9.95. The lowest BCUT2D eigenvalue weighted by Crippen LogP contribution is -2.29. The lowest BCUT2D eigenvalue weighted by molar-refractivity contribution is -0.132. The molecule has 1 N–H and O–H groups in total. The van der Waals surface area contributed by atoms with Crippen molar-refractivity contribution in [2.45, 2.75) is 29.7 Å². The number of rotatable bonds is 10. The van der Waals surface area contributed by atoms with Crippen molar-refractivity contribution in [2.24, 2.45) is 0 Å². The van der Waals surface area contributed by atoms with Gasteiger partial charge in [0.05, 0.1) is 18.7 Å². The van der Waals surface area contributed by atoms with Crippen molar-refractivity contribution in [2.75, 3.05) is 12.0 Å². The van der Waals surface area contributed by atoms with Crippen LogP contribution in [0.3, 0.4) is 0 Å². The fourth-order valence-corrected chi connectivity index (χ4v) is 7.75. The first-order chi connectivity index (χ1) is 23.9. The molecule has 2 heterocycles. The quantitative estimate of drug-likeness (QED) is 0.0504. The highest BCUT2D eigenvalue weighted by atomic mass is 32.2. The molecular weight excluding hydrogens is 655 g/mol. The van der Waals surface area contributed by atoms with Crippen molar-refractivity contribution in [3.8, 4) is 11.5 Å². The Kier molecular flexibility index (Phi) is 9.15. The van der Waals surface area contributed by atoms with Gasteiger partial charge in [-0.2, -0.15) is 0 Å². The van der Waals surface area contributed by atoms with E-state index in [1.54, 1.807) is 55.6 Å². The molecule has 0 saturated carbocycles. The maximum absolute atomic E-state index is 13.7. The fourth-order valence-electron chi connectivity index (χ4n) is 5.88. The van der Waals surface area contributed by atoms with E-state index in [1.807, 2.05) is 43.3 Å². The van der Waals surface area contributed by atoms with Crippen LogP contribution in [0.1, 0.15) is 33.9 Å². The third kappa shape index (κ3) is 6.65. The van der Waals surface area contributed by atoms with E-state index in [0.29, 0.717) is 39.3 Å². The maximum Gasteiger partial charge on any atom is 0.301 e. The van der Waals surface area contributed by atoms with Crippen LogP contribution in [0.15, 0.2) is 125 Å². The molecule has 5 aromatic carbocycles. The molecule has 1 saturated heterocycles. The van der Waals surface area contributed by atoms with Gasteiger partial charge in [-0.15, -0.1) is 10.2 Å². The van der Waals surface area contributed by atoms with E-state index in [1.165, 1.54) is 33.4 Å². The van der Waals surface area contributed by atoms with Gasteiger partial charge in [-0.3, -0.25) is 14.5 Å². The summed E-state index contributed by atoms with van der Waals surface area (Å²) in [6, 6.07) is 35.4. The number of hydrogen-bond donors (Lipinski definition) is 1. The zero-order valence-electron chi connectivity index (χ0n) is 26.7. The van der Waals surface area contributed by atoms with Crippen molar-refractivity contribution >= 4 is 56.5 Å². The molecule has 1 unspecified atom stereocenters. The van der Waals surface area contributed by atoms with Gasteiger partial charge in [0.2, 0.25) is 5.13 Å². The average Bonchev–Trinajstić information content (AvgIpc) is 3.71. The van der Waals surface area contributed by atoms with E-state index in [9.17, 15) is 14.7 Å². The summed E-state index contributed by atoms with van der Waals surface area (Å²) in [6.45, 7) is 2.42. The van der Waals surface area contributed by atoms with Gasteiger partial charge in [-0.1, -0.05) is 108 Å². The van der Waals surface area contributed by atoms with Crippen LogP contribution in [-0.4, -0.2) is 34.1 Å². The second-order valence-electron chi connectivity index (χ2n) is 11.5. The van der Waals surface area contributed by atoms with Crippen LogP contribution in [0, 0.1) is 6.92 Å². The standard InChI is InChI=1S/C39H31N3O5S2/c1-24-7-5-8-25(21-24)22-47-31-19-15-28(16-20-31)35(43)33-34(27-13-17-30(46-2)18-14-27)42(37(45)36(33)44)38-40-41-39(49-38)48-23-29-11-6-10-26-9-3-4-12-32(26)29/h3-21,34,43H,22-23H2,1-2H3/b35-33+. The number of aromatic nitrogens is 2. The third-order valence-corrected chi connectivity index (χ3v) is 10.4. The minimum atomic E-state index is -0.938. The summed E-state index contributed by atoms with van der Waals surface area (Å²) in [5, 5.41) is 22.9. The molecule has 244 valence electrons. The third-order valence-electron chi connectivity index (χ3n) is 8.32. The van der Waals surface area contributed by atoms with E-state index in [0.717, 1.165) is 22.1 Å². The number of anilines is 1. The molecule has 6 aromatic rings. The molecule has 1 amide bonds. The lowest BCUT2D eigenvalue weighted by Gasteiger charge is -2.22. The second-order valence-corrected chi connectivity index (χ2v) is 13.7. The maximum atomic E-state index is 13.7. The Morgan fingerprint density at radius 3 is 2.39 bits per heavy atom. The van der Waals surface area contributed by atoms with E-state index in [2.05, 4.69) is 40.5 Å². The number of Topliss-reactive ketones (excluding diaryl/α,β-unsaturated/α-hetero) is 1. The highest BCUT2D eigenvalue weighted by molar-refractivity contribution is 8.00. The molecule has 0 spiro atoms. The summed E-state index contributed by atoms with van der Waals surface area (Å²) >= 11 is 2.74. The van der Waals surface area contributed by atoms with Gasteiger partial charge < -0.3 is 14.6 Å². The van der Waals surface area contributed by atoms with E-state index >= 15 is 0 Å². The predicted molar refractivity (Wildman–Crippen MR) is 193 cm³/mol. The summed E-state index contributed by atoms with van der Waals surface area (Å²) < 4.78 is 11.9. The topological polar surface area (TPSA) is 102 Å². The Bertz CT molecular complexity index is 2190. The number of ketones is 1. The predicted octanol–water partition coefficient (Wildman–Crippen LogP) is 8.51. The number of methoxy groups -OCH3 is 1. The Morgan fingerprint density at radius 2 is 1.61 bits per heavy atom. The van der Waals surface area contributed by atoms with Crippen molar-refractivity contribution in [3.05, 3.63) is 149 Å². The number of nitrogens with zero attached hydrogens (tertiary/aromatic N) is 3. The number of aliphatic hydroxyl groups is 1. The van der Waals surface area contributed by atoms with E-state index in [-0.39, 0.29) is 16.5 Å². The molecule has 1 aromatic heterocycles. The minimum absolute atomic E-state index is 0.0382. The summed E-state index contributed by atoms with van der Waals surface area (Å²) in [5.74, 6) is -0.0124. The minimum Gasteiger partial charge on any atom is -0.507 e. The number of benzene rings is 5. The molecule has 1 atom stereocenters. The van der Waals surface area contributed by atoms with Crippen molar-refractivity contribution in [1.82, 2.24) is 10.2 Å².